The number of carbonyl (C=O) groups is 1. The van der Waals surface area contributed by atoms with Gasteiger partial charge in [-0.2, -0.15) is 5.10 Å². The Balaban J connectivity index is 1.52. The topological polar surface area (TPSA) is 53.4 Å². The molecule has 6 heteroatoms. The number of nitrogens with zero attached hydrogens (tertiary/aromatic N) is 4. The van der Waals surface area contributed by atoms with E-state index in [2.05, 4.69) is 26.3 Å². The molecule has 3 heterocycles. The number of carbonyl (C=O) groups excluding carboxylic acids is 1. The maximum Gasteiger partial charge on any atom is 0.276 e. The van der Waals surface area contributed by atoms with Gasteiger partial charge >= 0.3 is 0 Å². The van der Waals surface area contributed by atoms with Crippen LogP contribution in [0.1, 0.15) is 48.3 Å². The first-order chi connectivity index (χ1) is 13.1. The van der Waals surface area contributed by atoms with E-state index in [0.29, 0.717) is 5.69 Å². The van der Waals surface area contributed by atoms with Crippen molar-refractivity contribution in [2.75, 3.05) is 36.4 Å². The van der Waals surface area contributed by atoms with E-state index in [1.165, 1.54) is 45.3 Å². The van der Waals surface area contributed by atoms with Gasteiger partial charge in [-0.05, 0) is 64.4 Å². The van der Waals surface area contributed by atoms with Crippen molar-refractivity contribution in [3.05, 3.63) is 35.7 Å². The maximum atomic E-state index is 12.8. The van der Waals surface area contributed by atoms with Gasteiger partial charge in [-0.3, -0.25) is 9.48 Å². The fraction of sp³-hybridized carbons (Fsp3) is 0.524. The molecule has 0 atom stereocenters. The number of hydrogen-bond acceptors (Lipinski definition) is 4. The van der Waals surface area contributed by atoms with Gasteiger partial charge in [0.25, 0.3) is 5.91 Å². The Hall–Kier alpha value is -2.34. The molecule has 0 radical (unpaired) electrons. The predicted molar refractivity (Wildman–Crippen MR) is 109 cm³/mol. The van der Waals surface area contributed by atoms with Crippen LogP contribution in [0.15, 0.2) is 24.3 Å². The van der Waals surface area contributed by atoms with Crippen LogP contribution < -0.4 is 10.2 Å². The number of anilines is 3. The molecule has 144 valence electrons. The summed E-state index contributed by atoms with van der Waals surface area (Å²) in [6.07, 6.45) is 6.25. The van der Waals surface area contributed by atoms with Crippen molar-refractivity contribution < 1.29 is 4.79 Å². The van der Waals surface area contributed by atoms with Crippen LogP contribution in [0, 0.1) is 6.92 Å². The van der Waals surface area contributed by atoms with Gasteiger partial charge < -0.3 is 15.1 Å². The molecule has 2 aromatic rings. The minimum absolute atomic E-state index is 0.0860. The minimum Gasteiger partial charge on any atom is -0.336 e. The molecule has 0 aliphatic carbocycles. The number of fused-ring (bicyclic) bond motifs is 2. The largest absolute Gasteiger partial charge is 0.336 e. The summed E-state index contributed by atoms with van der Waals surface area (Å²) in [5.41, 5.74) is 4.41. The average Bonchev–Trinajstić information content (AvgIpc) is 3.23. The molecule has 1 aromatic heterocycles. The molecule has 0 spiro atoms. The molecule has 1 N–H and O–H groups in total. The Labute approximate surface area is 161 Å². The first kappa shape index (κ1) is 18.0. The molecule has 4 rings (SSSR count). The summed E-state index contributed by atoms with van der Waals surface area (Å²) in [5, 5.41) is 7.57. The summed E-state index contributed by atoms with van der Waals surface area (Å²) in [6.45, 7) is 6.64. The summed E-state index contributed by atoms with van der Waals surface area (Å²) >= 11 is 0. The van der Waals surface area contributed by atoms with Crippen LogP contribution in [0.3, 0.4) is 0 Å². The maximum absolute atomic E-state index is 12.8. The molecule has 1 saturated heterocycles. The second-order valence-electron chi connectivity index (χ2n) is 7.64. The fourth-order valence-corrected chi connectivity index (χ4v) is 4.36. The lowest BCUT2D eigenvalue weighted by atomic mass is 10.1. The van der Waals surface area contributed by atoms with E-state index >= 15 is 0 Å². The number of para-hydroxylation sites is 2. The van der Waals surface area contributed by atoms with Crippen LogP contribution in [0.25, 0.3) is 0 Å². The normalized spacial score (nSPS) is 16.8. The van der Waals surface area contributed by atoms with Crippen LogP contribution in [-0.2, 0) is 7.05 Å². The van der Waals surface area contributed by atoms with Crippen LogP contribution in [0.2, 0.25) is 0 Å². The molecule has 0 unspecified atom stereocenters. The van der Waals surface area contributed by atoms with Crippen molar-refractivity contribution >= 4 is 23.0 Å². The Bertz CT molecular complexity index is 822. The first-order valence-electron chi connectivity index (χ1n) is 10.1. The number of rotatable bonds is 6. The molecule has 2 aliphatic rings. The molecule has 2 aliphatic heterocycles. The molecular formula is C21H29N5O. The zero-order chi connectivity index (χ0) is 18.8. The summed E-state index contributed by atoms with van der Waals surface area (Å²) in [4.78, 5) is 17.6. The highest BCUT2D eigenvalue weighted by atomic mass is 16.2. The van der Waals surface area contributed by atoms with E-state index < -0.39 is 0 Å². The van der Waals surface area contributed by atoms with Crippen LogP contribution in [-0.4, -0.2) is 46.8 Å². The third kappa shape index (κ3) is 3.58. The van der Waals surface area contributed by atoms with Crippen LogP contribution in [0.4, 0.5) is 17.1 Å². The van der Waals surface area contributed by atoms with E-state index in [0.717, 1.165) is 35.7 Å². The Morgan fingerprint density at radius 3 is 2.63 bits per heavy atom. The summed E-state index contributed by atoms with van der Waals surface area (Å²) in [6, 6.07) is 8.06. The van der Waals surface area contributed by atoms with Crippen molar-refractivity contribution in [1.29, 1.82) is 0 Å². The summed E-state index contributed by atoms with van der Waals surface area (Å²) < 4.78 is 1.70. The third-order valence-electron chi connectivity index (χ3n) is 5.67. The Kier molecular flexibility index (Phi) is 5.16. The average molecular weight is 367 g/mol. The van der Waals surface area contributed by atoms with E-state index in [9.17, 15) is 4.79 Å². The Morgan fingerprint density at radius 2 is 1.81 bits per heavy atom. The summed E-state index contributed by atoms with van der Waals surface area (Å²) in [7, 11) is 1.84. The second-order valence-corrected chi connectivity index (χ2v) is 7.64. The lowest BCUT2D eigenvalue weighted by Gasteiger charge is -2.25. The van der Waals surface area contributed by atoms with Crippen molar-refractivity contribution in [3.8, 4) is 0 Å². The zero-order valence-corrected chi connectivity index (χ0v) is 16.4. The number of benzene rings is 1. The highest BCUT2D eigenvalue weighted by Crippen LogP contribution is 2.39. The van der Waals surface area contributed by atoms with Gasteiger partial charge in [-0.1, -0.05) is 18.6 Å². The van der Waals surface area contributed by atoms with Gasteiger partial charge in [-0.15, -0.1) is 0 Å². The highest BCUT2D eigenvalue weighted by Gasteiger charge is 2.30. The number of aromatic nitrogens is 2. The first-order valence-corrected chi connectivity index (χ1v) is 10.1. The third-order valence-corrected chi connectivity index (χ3v) is 5.67. The van der Waals surface area contributed by atoms with E-state index in [1.54, 1.807) is 4.68 Å². The van der Waals surface area contributed by atoms with E-state index in [4.69, 9.17) is 0 Å². The van der Waals surface area contributed by atoms with E-state index in [-0.39, 0.29) is 5.91 Å². The van der Waals surface area contributed by atoms with Gasteiger partial charge in [0.2, 0.25) is 0 Å². The standard InChI is InChI=1S/C21H29N5O/c1-16-19-20(24(2)23-16)21(27)22-17-10-4-5-11-18(17)26(19)15-7-3-6-12-25-13-8-9-14-25/h4-5,10-11H,3,6-9,12-15H2,1-2H3,(H,22,27). The van der Waals surface area contributed by atoms with Gasteiger partial charge in [-0.25, -0.2) is 0 Å². The van der Waals surface area contributed by atoms with Gasteiger partial charge in [0.15, 0.2) is 0 Å². The number of aryl methyl sites for hydroxylation is 2. The number of hydrogen-bond donors (Lipinski definition) is 1. The van der Waals surface area contributed by atoms with Crippen molar-refractivity contribution in [1.82, 2.24) is 14.7 Å². The van der Waals surface area contributed by atoms with Crippen molar-refractivity contribution in [2.45, 2.75) is 39.0 Å². The number of likely N-dealkylation sites (tertiary alicyclic amines) is 1. The van der Waals surface area contributed by atoms with Crippen LogP contribution in [0.5, 0.6) is 0 Å². The lowest BCUT2D eigenvalue weighted by Crippen LogP contribution is -2.22. The van der Waals surface area contributed by atoms with Crippen molar-refractivity contribution in [3.63, 3.8) is 0 Å². The smallest absolute Gasteiger partial charge is 0.276 e. The molecule has 1 fully saturated rings. The molecule has 1 amide bonds. The molecule has 1 aromatic carbocycles. The molecule has 0 saturated carbocycles. The Morgan fingerprint density at radius 1 is 1.07 bits per heavy atom. The number of amides is 1. The summed E-state index contributed by atoms with van der Waals surface area (Å²) in [5.74, 6) is -0.0860. The zero-order valence-electron chi connectivity index (χ0n) is 16.4. The SMILES string of the molecule is Cc1nn(C)c2c1N(CCCCCN1CCCC1)c1ccccc1NC2=O. The minimum atomic E-state index is -0.0860. The number of unbranched alkanes of at least 4 members (excludes halogenated alkanes) is 2. The molecule has 0 bridgehead atoms. The van der Waals surface area contributed by atoms with Gasteiger partial charge in [0, 0.05) is 13.6 Å². The van der Waals surface area contributed by atoms with E-state index in [1.807, 2.05) is 32.2 Å². The van der Waals surface area contributed by atoms with Crippen LogP contribution >= 0.6 is 0 Å². The highest BCUT2D eigenvalue weighted by molar-refractivity contribution is 6.11. The molecule has 6 nitrogen and oxygen atoms in total. The second kappa shape index (κ2) is 7.72. The predicted octanol–water partition coefficient (Wildman–Crippen LogP) is 3.70. The fourth-order valence-electron chi connectivity index (χ4n) is 4.36. The van der Waals surface area contributed by atoms with Gasteiger partial charge in [0.05, 0.1) is 22.8 Å². The monoisotopic (exact) mass is 367 g/mol. The van der Waals surface area contributed by atoms with Gasteiger partial charge in [0.1, 0.15) is 5.69 Å². The quantitative estimate of drug-likeness (QED) is 0.791. The lowest BCUT2D eigenvalue weighted by molar-refractivity contribution is 0.101. The number of nitrogens with one attached hydrogen (secondary N) is 1. The molecule has 27 heavy (non-hydrogen) atoms. The van der Waals surface area contributed by atoms with Crippen molar-refractivity contribution in [2.24, 2.45) is 7.05 Å². The molecular weight excluding hydrogens is 338 g/mol.